The van der Waals surface area contributed by atoms with Crippen molar-refractivity contribution in [2.75, 3.05) is 0 Å². The molecule has 0 amide bonds. The highest BCUT2D eigenvalue weighted by Crippen LogP contribution is 2.23. The minimum absolute atomic E-state index is 0.417. The predicted molar refractivity (Wildman–Crippen MR) is 80.3 cm³/mol. The van der Waals surface area contributed by atoms with E-state index in [-0.39, 0.29) is 0 Å². The quantitative estimate of drug-likeness (QED) is 0.590. The Kier molecular flexibility index (Phi) is 4.60. The first-order chi connectivity index (χ1) is 8.70. The molecule has 2 nitrogen and oxygen atoms in total. The maximum absolute atomic E-state index is 10.9. The fourth-order valence-electron chi connectivity index (χ4n) is 1.50. The maximum Gasteiger partial charge on any atom is 0.153 e. The van der Waals surface area contributed by atoms with Crippen LogP contribution in [0.25, 0.3) is 0 Å². The van der Waals surface area contributed by atoms with Gasteiger partial charge in [0.25, 0.3) is 0 Å². The Bertz CT molecular complexity index is 569. The lowest BCUT2D eigenvalue weighted by molar-refractivity contribution is 0.111. The number of carbonyl (C=O) groups excluding carboxylic acids is 1. The molecule has 0 spiro atoms. The summed E-state index contributed by atoms with van der Waals surface area (Å²) >= 11 is 8.14. The molecule has 0 N–H and O–H groups in total. The minimum Gasteiger partial charge on any atom is -0.488 e. The minimum atomic E-state index is 0.417. The molecule has 0 fully saturated rings. The van der Waals surface area contributed by atoms with E-state index in [1.54, 1.807) is 18.2 Å². The Labute approximate surface area is 124 Å². The average Bonchev–Trinajstić information content (AvgIpc) is 2.38. The number of rotatable bonds is 4. The fourth-order valence-corrected chi connectivity index (χ4v) is 2.21. The Morgan fingerprint density at radius 2 is 2.00 bits per heavy atom. The van der Waals surface area contributed by atoms with Crippen molar-refractivity contribution in [3.05, 3.63) is 62.2 Å². The zero-order valence-electron chi connectivity index (χ0n) is 9.40. The topological polar surface area (TPSA) is 26.3 Å². The molecular formula is C14H10ClIO2. The van der Waals surface area contributed by atoms with Crippen molar-refractivity contribution in [3.8, 4) is 5.75 Å². The standard InChI is InChI=1S/C14H10ClIO2/c15-12-6-5-10(8-17)14(7-12)18-9-11-3-1-2-4-13(11)16/h1-8H,9H2. The van der Waals surface area contributed by atoms with Gasteiger partial charge >= 0.3 is 0 Å². The second-order valence-corrected chi connectivity index (χ2v) is 5.28. The highest BCUT2D eigenvalue weighted by Gasteiger charge is 2.05. The van der Waals surface area contributed by atoms with Crippen molar-refractivity contribution in [3.63, 3.8) is 0 Å². The van der Waals surface area contributed by atoms with Crippen LogP contribution in [0, 0.1) is 3.57 Å². The molecular weight excluding hydrogens is 363 g/mol. The highest BCUT2D eigenvalue weighted by atomic mass is 127. The van der Waals surface area contributed by atoms with Crippen molar-refractivity contribution in [1.82, 2.24) is 0 Å². The van der Waals surface area contributed by atoms with Crippen LogP contribution in [0.15, 0.2) is 42.5 Å². The van der Waals surface area contributed by atoms with Crippen LogP contribution < -0.4 is 4.74 Å². The van der Waals surface area contributed by atoms with Crippen LogP contribution in [0.2, 0.25) is 5.02 Å². The molecule has 0 aliphatic carbocycles. The first-order valence-corrected chi connectivity index (χ1v) is 6.77. The number of carbonyl (C=O) groups is 1. The average molecular weight is 373 g/mol. The summed E-state index contributed by atoms with van der Waals surface area (Å²) in [5.74, 6) is 0.511. The summed E-state index contributed by atoms with van der Waals surface area (Å²) in [6.07, 6.45) is 0.765. The van der Waals surface area contributed by atoms with E-state index >= 15 is 0 Å². The van der Waals surface area contributed by atoms with Crippen molar-refractivity contribution in [2.24, 2.45) is 0 Å². The number of halogens is 2. The van der Waals surface area contributed by atoms with E-state index in [9.17, 15) is 4.79 Å². The number of benzene rings is 2. The summed E-state index contributed by atoms with van der Waals surface area (Å²) in [5, 5.41) is 0.554. The fraction of sp³-hybridized carbons (Fsp3) is 0.0714. The maximum atomic E-state index is 10.9. The van der Waals surface area contributed by atoms with Gasteiger partial charge < -0.3 is 4.74 Å². The monoisotopic (exact) mass is 372 g/mol. The number of aldehydes is 1. The Morgan fingerprint density at radius 3 is 2.72 bits per heavy atom. The van der Waals surface area contributed by atoms with Gasteiger partial charge in [0, 0.05) is 14.2 Å². The molecule has 0 saturated heterocycles. The van der Waals surface area contributed by atoms with Gasteiger partial charge in [-0.25, -0.2) is 0 Å². The van der Waals surface area contributed by atoms with Gasteiger partial charge in [0.2, 0.25) is 0 Å². The molecule has 0 radical (unpaired) electrons. The number of ether oxygens (including phenoxy) is 1. The van der Waals surface area contributed by atoms with E-state index in [0.717, 1.165) is 15.4 Å². The smallest absolute Gasteiger partial charge is 0.153 e. The predicted octanol–water partition coefficient (Wildman–Crippen LogP) is 4.34. The van der Waals surface area contributed by atoms with Crippen LogP contribution in [0.4, 0.5) is 0 Å². The van der Waals surface area contributed by atoms with E-state index in [2.05, 4.69) is 22.6 Å². The normalized spacial score (nSPS) is 10.1. The molecule has 2 aromatic carbocycles. The zero-order chi connectivity index (χ0) is 13.0. The van der Waals surface area contributed by atoms with Gasteiger partial charge in [0.05, 0.1) is 5.56 Å². The summed E-state index contributed by atoms with van der Waals surface area (Å²) in [7, 11) is 0. The third-order valence-corrected chi connectivity index (χ3v) is 3.73. The summed E-state index contributed by atoms with van der Waals surface area (Å²) in [6, 6.07) is 12.9. The van der Waals surface area contributed by atoms with Crippen LogP contribution in [-0.4, -0.2) is 6.29 Å². The summed E-state index contributed by atoms with van der Waals surface area (Å²) in [5.41, 5.74) is 1.58. The Morgan fingerprint density at radius 1 is 1.22 bits per heavy atom. The summed E-state index contributed by atoms with van der Waals surface area (Å²) in [4.78, 5) is 10.9. The van der Waals surface area contributed by atoms with Crippen LogP contribution in [0.1, 0.15) is 15.9 Å². The lowest BCUT2D eigenvalue weighted by Crippen LogP contribution is -2.00. The highest BCUT2D eigenvalue weighted by molar-refractivity contribution is 14.1. The van der Waals surface area contributed by atoms with Crippen molar-refractivity contribution in [1.29, 1.82) is 0 Å². The van der Waals surface area contributed by atoms with E-state index in [0.29, 0.717) is 22.9 Å². The molecule has 0 aliphatic rings. The Balaban J connectivity index is 2.18. The number of hydrogen-bond donors (Lipinski definition) is 0. The molecule has 2 aromatic rings. The van der Waals surface area contributed by atoms with Gasteiger partial charge in [-0.1, -0.05) is 29.8 Å². The van der Waals surface area contributed by atoms with Gasteiger partial charge in [0.15, 0.2) is 6.29 Å². The summed E-state index contributed by atoms with van der Waals surface area (Å²) in [6.45, 7) is 0.417. The zero-order valence-corrected chi connectivity index (χ0v) is 12.3. The third-order valence-electron chi connectivity index (χ3n) is 2.44. The molecule has 0 atom stereocenters. The van der Waals surface area contributed by atoms with E-state index in [1.165, 1.54) is 0 Å². The molecule has 0 bridgehead atoms. The van der Waals surface area contributed by atoms with Crippen LogP contribution >= 0.6 is 34.2 Å². The lowest BCUT2D eigenvalue weighted by Gasteiger charge is -2.10. The molecule has 0 aliphatic heterocycles. The lowest BCUT2D eigenvalue weighted by atomic mass is 10.2. The molecule has 92 valence electrons. The molecule has 0 heterocycles. The molecule has 0 unspecified atom stereocenters. The van der Waals surface area contributed by atoms with Crippen LogP contribution in [-0.2, 0) is 6.61 Å². The van der Waals surface area contributed by atoms with Crippen molar-refractivity contribution in [2.45, 2.75) is 6.61 Å². The van der Waals surface area contributed by atoms with E-state index < -0.39 is 0 Å². The molecule has 2 rings (SSSR count). The summed E-state index contributed by atoms with van der Waals surface area (Å²) < 4.78 is 6.78. The third kappa shape index (κ3) is 3.23. The second-order valence-electron chi connectivity index (χ2n) is 3.68. The number of hydrogen-bond acceptors (Lipinski definition) is 2. The first-order valence-electron chi connectivity index (χ1n) is 5.31. The van der Waals surface area contributed by atoms with Gasteiger partial charge in [-0.05, 0) is 46.9 Å². The van der Waals surface area contributed by atoms with Crippen LogP contribution in [0.5, 0.6) is 5.75 Å². The first kappa shape index (κ1) is 13.4. The largest absolute Gasteiger partial charge is 0.488 e. The molecule has 18 heavy (non-hydrogen) atoms. The van der Waals surface area contributed by atoms with Gasteiger partial charge in [-0.3, -0.25) is 4.79 Å². The van der Waals surface area contributed by atoms with E-state index in [4.69, 9.17) is 16.3 Å². The van der Waals surface area contributed by atoms with Gasteiger partial charge in [-0.2, -0.15) is 0 Å². The SMILES string of the molecule is O=Cc1ccc(Cl)cc1OCc1ccccc1I. The van der Waals surface area contributed by atoms with Gasteiger partial charge in [0.1, 0.15) is 12.4 Å². The second kappa shape index (κ2) is 6.20. The van der Waals surface area contributed by atoms with Gasteiger partial charge in [-0.15, -0.1) is 0 Å². The van der Waals surface area contributed by atoms with E-state index in [1.807, 2.05) is 24.3 Å². The molecule has 0 aromatic heterocycles. The molecule has 4 heteroatoms. The Hall–Kier alpha value is -1.07. The van der Waals surface area contributed by atoms with Crippen molar-refractivity contribution >= 4 is 40.5 Å². The van der Waals surface area contributed by atoms with Crippen LogP contribution in [0.3, 0.4) is 0 Å². The van der Waals surface area contributed by atoms with Crippen molar-refractivity contribution < 1.29 is 9.53 Å². The molecule has 0 saturated carbocycles.